The zero-order chi connectivity index (χ0) is 11.1. The molecular formula is C11H16O3S. The molecule has 84 valence electrons. The van der Waals surface area contributed by atoms with E-state index in [1.54, 1.807) is 6.92 Å². The van der Waals surface area contributed by atoms with Crippen LogP contribution >= 0.6 is 0 Å². The summed E-state index contributed by atoms with van der Waals surface area (Å²) in [7, 11) is -3.27. The molecule has 4 heteroatoms. The largest absolute Gasteiger partial charge is 0.270 e. The molecule has 1 aromatic rings. The Hall–Kier alpha value is -0.870. The second kappa shape index (κ2) is 5.88. The molecule has 15 heavy (non-hydrogen) atoms. The van der Waals surface area contributed by atoms with Crippen molar-refractivity contribution in [2.75, 3.05) is 12.4 Å². The molecule has 0 bridgehead atoms. The van der Waals surface area contributed by atoms with Gasteiger partial charge in [0.25, 0.3) is 10.1 Å². The quantitative estimate of drug-likeness (QED) is 0.552. The highest BCUT2D eigenvalue weighted by atomic mass is 32.2. The highest BCUT2D eigenvalue weighted by molar-refractivity contribution is 7.86. The van der Waals surface area contributed by atoms with E-state index in [0.717, 1.165) is 12.8 Å². The Labute approximate surface area is 91.2 Å². The molecule has 0 aliphatic rings. The van der Waals surface area contributed by atoms with Crippen molar-refractivity contribution in [2.24, 2.45) is 0 Å². The van der Waals surface area contributed by atoms with Crippen LogP contribution in [0.5, 0.6) is 0 Å². The van der Waals surface area contributed by atoms with Gasteiger partial charge < -0.3 is 0 Å². The fourth-order valence-corrected chi connectivity index (χ4v) is 1.73. The van der Waals surface area contributed by atoms with Gasteiger partial charge in [-0.15, -0.1) is 0 Å². The Morgan fingerprint density at radius 3 is 2.47 bits per heavy atom. The summed E-state index contributed by atoms with van der Waals surface area (Å²) in [6.07, 6.45) is 1.57. The van der Waals surface area contributed by atoms with Crippen molar-refractivity contribution in [2.45, 2.75) is 19.8 Å². The van der Waals surface area contributed by atoms with Crippen molar-refractivity contribution >= 4 is 10.1 Å². The minimum atomic E-state index is -3.27. The van der Waals surface area contributed by atoms with E-state index in [-0.39, 0.29) is 12.4 Å². The van der Waals surface area contributed by atoms with Crippen LogP contribution in [0.15, 0.2) is 30.3 Å². The van der Waals surface area contributed by atoms with Gasteiger partial charge in [-0.3, -0.25) is 4.18 Å². The van der Waals surface area contributed by atoms with Gasteiger partial charge in [-0.1, -0.05) is 30.3 Å². The van der Waals surface area contributed by atoms with Crippen molar-refractivity contribution in [3.63, 3.8) is 0 Å². The van der Waals surface area contributed by atoms with Gasteiger partial charge in [-0.05, 0) is 25.3 Å². The second-order valence-electron chi connectivity index (χ2n) is 3.26. The number of rotatable bonds is 6. The molecule has 3 nitrogen and oxygen atoms in total. The first kappa shape index (κ1) is 12.2. The van der Waals surface area contributed by atoms with E-state index in [9.17, 15) is 8.42 Å². The summed E-state index contributed by atoms with van der Waals surface area (Å²) in [5, 5.41) is 0. The highest BCUT2D eigenvalue weighted by Gasteiger charge is 2.05. The molecule has 0 atom stereocenters. The van der Waals surface area contributed by atoms with Crippen LogP contribution in [0.4, 0.5) is 0 Å². The molecule has 0 N–H and O–H groups in total. The van der Waals surface area contributed by atoms with Crippen LogP contribution in [-0.4, -0.2) is 20.8 Å². The predicted molar refractivity (Wildman–Crippen MR) is 60.2 cm³/mol. The molecular weight excluding hydrogens is 212 g/mol. The minimum Gasteiger partial charge on any atom is -0.270 e. The molecule has 0 radical (unpaired) electrons. The molecule has 0 saturated carbocycles. The van der Waals surface area contributed by atoms with Gasteiger partial charge in [0.15, 0.2) is 0 Å². The van der Waals surface area contributed by atoms with Gasteiger partial charge >= 0.3 is 0 Å². The SMILES string of the molecule is CCS(=O)(=O)OCCCc1ccccc1. The van der Waals surface area contributed by atoms with Gasteiger partial charge in [0, 0.05) is 0 Å². The van der Waals surface area contributed by atoms with Crippen molar-refractivity contribution in [1.29, 1.82) is 0 Å². The Morgan fingerprint density at radius 1 is 1.20 bits per heavy atom. The average Bonchev–Trinajstić information content (AvgIpc) is 2.26. The van der Waals surface area contributed by atoms with Crippen LogP contribution in [-0.2, 0) is 20.7 Å². The van der Waals surface area contributed by atoms with Gasteiger partial charge in [0.05, 0.1) is 12.4 Å². The molecule has 1 aromatic carbocycles. The smallest absolute Gasteiger partial charge is 0.267 e. The first-order chi connectivity index (χ1) is 7.14. The van der Waals surface area contributed by atoms with E-state index in [1.807, 2.05) is 30.3 Å². The fraction of sp³-hybridized carbons (Fsp3) is 0.455. The normalized spacial score (nSPS) is 11.5. The number of aryl methyl sites for hydroxylation is 1. The van der Waals surface area contributed by atoms with Crippen molar-refractivity contribution in [3.05, 3.63) is 35.9 Å². The maximum atomic E-state index is 11.0. The van der Waals surface area contributed by atoms with Crippen LogP contribution in [0, 0.1) is 0 Å². The van der Waals surface area contributed by atoms with Crippen molar-refractivity contribution in [1.82, 2.24) is 0 Å². The molecule has 0 heterocycles. The summed E-state index contributed by atoms with van der Waals surface area (Å²) in [6.45, 7) is 1.84. The minimum absolute atomic E-state index is 0.0400. The highest BCUT2D eigenvalue weighted by Crippen LogP contribution is 2.03. The Kier molecular flexibility index (Phi) is 4.78. The summed E-state index contributed by atoms with van der Waals surface area (Å²) in [6, 6.07) is 9.95. The standard InChI is InChI=1S/C11H16O3S/c1-2-15(12,13)14-10-6-9-11-7-4-3-5-8-11/h3-5,7-8H,2,6,9-10H2,1H3. The Balaban J connectivity index is 2.24. The molecule has 0 aromatic heterocycles. The summed E-state index contributed by atoms with van der Waals surface area (Å²) in [5.74, 6) is 0.0400. The van der Waals surface area contributed by atoms with Gasteiger partial charge in [0.2, 0.25) is 0 Å². The van der Waals surface area contributed by atoms with E-state index in [4.69, 9.17) is 4.18 Å². The Morgan fingerprint density at radius 2 is 1.87 bits per heavy atom. The third kappa shape index (κ3) is 4.95. The van der Waals surface area contributed by atoms with Crippen molar-refractivity contribution < 1.29 is 12.6 Å². The topological polar surface area (TPSA) is 43.4 Å². The number of benzene rings is 1. The fourth-order valence-electron chi connectivity index (χ4n) is 1.19. The van der Waals surface area contributed by atoms with Crippen molar-refractivity contribution in [3.8, 4) is 0 Å². The molecule has 0 unspecified atom stereocenters. The lowest BCUT2D eigenvalue weighted by atomic mass is 10.1. The maximum absolute atomic E-state index is 11.0. The molecule has 0 aliphatic carbocycles. The maximum Gasteiger partial charge on any atom is 0.267 e. The molecule has 0 amide bonds. The van der Waals surface area contributed by atoms with Crippen LogP contribution in [0.25, 0.3) is 0 Å². The van der Waals surface area contributed by atoms with Crippen LogP contribution in [0.1, 0.15) is 18.9 Å². The van der Waals surface area contributed by atoms with Crippen LogP contribution in [0.3, 0.4) is 0 Å². The third-order valence-electron chi connectivity index (χ3n) is 2.07. The van der Waals surface area contributed by atoms with Crippen LogP contribution < -0.4 is 0 Å². The lowest BCUT2D eigenvalue weighted by Gasteiger charge is -2.03. The summed E-state index contributed by atoms with van der Waals surface area (Å²) in [4.78, 5) is 0. The number of hydrogen-bond donors (Lipinski definition) is 0. The summed E-state index contributed by atoms with van der Waals surface area (Å²) < 4.78 is 26.7. The second-order valence-corrected chi connectivity index (χ2v) is 5.19. The molecule has 0 spiro atoms. The zero-order valence-corrected chi connectivity index (χ0v) is 9.66. The first-order valence-corrected chi connectivity index (χ1v) is 6.63. The third-order valence-corrected chi connectivity index (χ3v) is 3.30. The summed E-state index contributed by atoms with van der Waals surface area (Å²) in [5.41, 5.74) is 1.20. The predicted octanol–water partition coefficient (Wildman–Crippen LogP) is 1.99. The van der Waals surface area contributed by atoms with Gasteiger partial charge in [-0.2, -0.15) is 8.42 Å². The van der Waals surface area contributed by atoms with Crippen LogP contribution in [0.2, 0.25) is 0 Å². The van der Waals surface area contributed by atoms with E-state index in [1.165, 1.54) is 5.56 Å². The van der Waals surface area contributed by atoms with Gasteiger partial charge in [-0.25, -0.2) is 0 Å². The van der Waals surface area contributed by atoms with Gasteiger partial charge in [0.1, 0.15) is 0 Å². The lowest BCUT2D eigenvalue weighted by Crippen LogP contribution is -2.09. The van der Waals surface area contributed by atoms with E-state index in [0.29, 0.717) is 0 Å². The van der Waals surface area contributed by atoms with E-state index >= 15 is 0 Å². The molecule has 0 saturated heterocycles. The molecule has 1 rings (SSSR count). The Bertz CT molecular complexity index is 370. The molecule has 0 aliphatic heterocycles. The lowest BCUT2D eigenvalue weighted by molar-refractivity contribution is 0.313. The number of hydrogen-bond acceptors (Lipinski definition) is 3. The monoisotopic (exact) mass is 228 g/mol. The zero-order valence-electron chi connectivity index (χ0n) is 8.85. The molecule has 0 fully saturated rings. The van der Waals surface area contributed by atoms with E-state index in [2.05, 4.69) is 0 Å². The summed E-state index contributed by atoms with van der Waals surface area (Å²) >= 11 is 0. The first-order valence-electron chi connectivity index (χ1n) is 5.05. The average molecular weight is 228 g/mol. The van der Waals surface area contributed by atoms with E-state index < -0.39 is 10.1 Å².